The molecule has 0 fully saturated rings. The molecule has 2 aromatic heterocycles. The fraction of sp³-hybridized carbons (Fsp3) is 0.423. The van der Waals surface area contributed by atoms with E-state index in [1.54, 1.807) is 12.1 Å². The smallest absolute Gasteiger partial charge is 0.303 e. The molecule has 1 unspecified atom stereocenters. The number of carbonyl (C=O) groups excluding carboxylic acids is 1. The molecular weight excluding hydrogens is 513 g/mol. The molecular formula is C26H31BrFN3O2Si. The summed E-state index contributed by atoms with van der Waals surface area (Å²) in [6.07, 6.45) is 2.53. The third kappa shape index (κ3) is 4.32. The zero-order valence-corrected chi connectivity index (χ0v) is 23.3. The van der Waals surface area contributed by atoms with Gasteiger partial charge in [-0.15, -0.1) is 0 Å². The van der Waals surface area contributed by atoms with E-state index in [4.69, 9.17) is 4.74 Å². The van der Waals surface area contributed by atoms with Gasteiger partial charge in [-0.3, -0.25) is 4.79 Å². The first-order valence-corrected chi connectivity index (χ1v) is 14.5. The lowest BCUT2D eigenvalue weighted by Crippen LogP contribution is -2.51. The molecule has 0 N–H and O–H groups in total. The number of pyridine rings is 1. The highest BCUT2D eigenvalue weighted by Crippen LogP contribution is 2.46. The normalized spacial score (nSPS) is 13.0. The first-order chi connectivity index (χ1) is 16.0. The molecule has 34 heavy (non-hydrogen) atoms. The quantitative estimate of drug-likeness (QED) is 0.228. The van der Waals surface area contributed by atoms with Crippen LogP contribution in [0.25, 0.3) is 10.9 Å². The largest absolute Gasteiger partial charge is 0.453 e. The summed E-state index contributed by atoms with van der Waals surface area (Å²) in [5.74, 6) is -1.02. The second kappa shape index (κ2) is 10.0. The average molecular weight is 545 g/mol. The van der Waals surface area contributed by atoms with Crippen LogP contribution in [0.1, 0.15) is 71.4 Å². The fourth-order valence-electron chi connectivity index (χ4n) is 5.77. The van der Waals surface area contributed by atoms with Crippen molar-refractivity contribution in [1.82, 2.24) is 9.22 Å². The summed E-state index contributed by atoms with van der Waals surface area (Å²) in [5.41, 5.74) is 3.04. The zero-order chi connectivity index (χ0) is 25.4. The standard InChI is InChI=1S/C26H31BrFN3O2Si/c1-15(2)34(16(3)4,17(5)6)31-11-9-21-23(31)13-22(28)24(25(21)27)26(33-18(7)32)19-8-10-30-20(12-19)14-29/h8-13,15-17,26H,1-7H3. The Morgan fingerprint density at radius 1 is 1.15 bits per heavy atom. The predicted octanol–water partition coefficient (Wildman–Crippen LogP) is 7.49. The van der Waals surface area contributed by atoms with Crippen LogP contribution in [0.3, 0.4) is 0 Å². The van der Waals surface area contributed by atoms with E-state index >= 15 is 4.39 Å². The highest BCUT2D eigenvalue weighted by atomic mass is 79.9. The number of ether oxygens (including phenoxy) is 1. The van der Waals surface area contributed by atoms with Gasteiger partial charge in [0.2, 0.25) is 0 Å². The molecule has 1 atom stereocenters. The molecule has 8 heteroatoms. The number of nitrogens with zero attached hydrogens (tertiary/aromatic N) is 3. The monoisotopic (exact) mass is 543 g/mol. The van der Waals surface area contributed by atoms with Gasteiger partial charge in [0.15, 0.2) is 14.3 Å². The lowest BCUT2D eigenvalue weighted by molar-refractivity contribution is -0.144. The van der Waals surface area contributed by atoms with Gasteiger partial charge in [-0.2, -0.15) is 5.26 Å². The third-order valence-corrected chi connectivity index (χ3v) is 14.5. The minimum absolute atomic E-state index is 0.167. The molecule has 0 saturated heterocycles. The molecule has 0 aliphatic carbocycles. The van der Waals surface area contributed by atoms with Crippen molar-refractivity contribution in [2.24, 2.45) is 0 Å². The number of hydrogen-bond acceptors (Lipinski definition) is 4. The molecule has 2 heterocycles. The summed E-state index contributed by atoms with van der Waals surface area (Å²) in [6, 6.07) is 8.70. The van der Waals surface area contributed by atoms with E-state index in [0.717, 1.165) is 10.9 Å². The molecule has 3 rings (SSSR count). The molecule has 0 amide bonds. The van der Waals surface area contributed by atoms with E-state index in [1.807, 2.05) is 12.1 Å². The number of esters is 1. The summed E-state index contributed by atoms with van der Waals surface area (Å²) < 4.78 is 24.4. The van der Waals surface area contributed by atoms with E-state index < -0.39 is 26.1 Å². The van der Waals surface area contributed by atoms with Gasteiger partial charge in [0, 0.05) is 39.6 Å². The Morgan fingerprint density at radius 2 is 1.76 bits per heavy atom. The molecule has 0 aliphatic rings. The Balaban J connectivity index is 2.31. The Kier molecular flexibility index (Phi) is 7.68. The predicted molar refractivity (Wildman–Crippen MR) is 139 cm³/mol. The number of rotatable bonds is 7. The fourth-order valence-corrected chi connectivity index (χ4v) is 13.1. The average Bonchev–Trinajstić information content (AvgIpc) is 3.16. The molecule has 1 aromatic carbocycles. The van der Waals surface area contributed by atoms with Crippen LogP contribution in [0.15, 0.2) is 41.1 Å². The van der Waals surface area contributed by atoms with Gasteiger partial charge in [0.05, 0.1) is 0 Å². The Labute approximate surface area is 210 Å². The van der Waals surface area contributed by atoms with Gasteiger partial charge in [-0.1, -0.05) is 41.5 Å². The van der Waals surface area contributed by atoms with Gasteiger partial charge < -0.3 is 8.97 Å². The third-order valence-electron chi connectivity index (χ3n) is 6.86. The molecule has 0 spiro atoms. The van der Waals surface area contributed by atoms with Gasteiger partial charge in [-0.25, -0.2) is 9.37 Å². The number of fused-ring (bicyclic) bond motifs is 1. The van der Waals surface area contributed by atoms with Crippen LogP contribution in [-0.4, -0.2) is 23.4 Å². The summed E-state index contributed by atoms with van der Waals surface area (Å²) in [6.45, 7) is 14.9. The Bertz CT molecular complexity index is 1240. The van der Waals surface area contributed by atoms with E-state index in [-0.39, 0.29) is 11.3 Å². The van der Waals surface area contributed by atoms with Crippen molar-refractivity contribution in [2.75, 3.05) is 0 Å². The first-order valence-electron chi connectivity index (χ1n) is 11.5. The van der Waals surface area contributed by atoms with Crippen LogP contribution in [0.5, 0.6) is 0 Å². The van der Waals surface area contributed by atoms with Crippen LogP contribution in [0.4, 0.5) is 4.39 Å². The van der Waals surface area contributed by atoms with E-state index in [0.29, 0.717) is 26.7 Å². The van der Waals surface area contributed by atoms with Crippen LogP contribution in [0.2, 0.25) is 16.6 Å². The van der Waals surface area contributed by atoms with Crippen LogP contribution < -0.4 is 0 Å². The Morgan fingerprint density at radius 3 is 2.29 bits per heavy atom. The maximum atomic E-state index is 15.9. The summed E-state index contributed by atoms with van der Waals surface area (Å²) in [5, 5.41) is 10.1. The van der Waals surface area contributed by atoms with Crippen molar-refractivity contribution >= 4 is 41.0 Å². The van der Waals surface area contributed by atoms with Crippen molar-refractivity contribution in [3.05, 3.63) is 63.8 Å². The molecule has 3 aromatic rings. The minimum atomic E-state index is -2.11. The number of nitriles is 1. The molecule has 0 radical (unpaired) electrons. The number of carbonyl (C=O) groups is 1. The van der Waals surface area contributed by atoms with Gasteiger partial charge >= 0.3 is 5.97 Å². The molecule has 0 aliphatic heterocycles. The molecule has 5 nitrogen and oxygen atoms in total. The van der Waals surface area contributed by atoms with Crippen LogP contribution in [-0.2, 0) is 9.53 Å². The lowest BCUT2D eigenvalue weighted by Gasteiger charge is -2.44. The maximum absolute atomic E-state index is 15.9. The summed E-state index contributed by atoms with van der Waals surface area (Å²) in [4.78, 5) is 15.9. The van der Waals surface area contributed by atoms with Gasteiger partial charge in [0.25, 0.3) is 0 Å². The van der Waals surface area contributed by atoms with E-state index in [2.05, 4.69) is 72.9 Å². The molecule has 180 valence electrons. The lowest BCUT2D eigenvalue weighted by atomic mass is 9.99. The van der Waals surface area contributed by atoms with Crippen LogP contribution in [0, 0.1) is 17.1 Å². The number of halogens is 2. The SMILES string of the molecule is CC(=O)OC(c1ccnc(C#N)c1)c1c(F)cc2c(ccn2[Si](C(C)C)(C(C)C)C(C)C)c1Br. The highest BCUT2D eigenvalue weighted by Gasteiger charge is 2.46. The van der Waals surface area contributed by atoms with Crippen molar-refractivity contribution in [3.8, 4) is 6.07 Å². The van der Waals surface area contributed by atoms with Crippen molar-refractivity contribution in [1.29, 1.82) is 5.26 Å². The maximum Gasteiger partial charge on any atom is 0.303 e. The van der Waals surface area contributed by atoms with Crippen molar-refractivity contribution in [3.63, 3.8) is 0 Å². The van der Waals surface area contributed by atoms with E-state index in [9.17, 15) is 10.1 Å². The van der Waals surface area contributed by atoms with Gasteiger partial charge in [-0.05, 0) is 63.0 Å². The number of aromatic nitrogens is 2. The number of hydrogen-bond donors (Lipinski definition) is 0. The van der Waals surface area contributed by atoms with Crippen molar-refractivity contribution in [2.45, 2.75) is 71.2 Å². The molecule has 0 bridgehead atoms. The topological polar surface area (TPSA) is 67.9 Å². The minimum Gasteiger partial charge on any atom is -0.453 e. The van der Waals surface area contributed by atoms with Gasteiger partial charge in [0.1, 0.15) is 17.6 Å². The van der Waals surface area contributed by atoms with Crippen LogP contribution >= 0.6 is 15.9 Å². The molecule has 0 saturated carbocycles. The Hall–Kier alpha value is -2.50. The summed E-state index contributed by atoms with van der Waals surface area (Å²) >= 11 is 3.64. The van der Waals surface area contributed by atoms with E-state index in [1.165, 1.54) is 19.2 Å². The number of benzene rings is 1. The second-order valence-corrected chi connectivity index (χ2v) is 16.1. The van der Waals surface area contributed by atoms with Crippen molar-refractivity contribution < 1.29 is 13.9 Å². The summed E-state index contributed by atoms with van der Waals surface area (Å²) in [7, 11) is -2.11. The first kappa shape index (κ1) is 26.1. The second-order valence-electron chi connectivity index (χ2n) is 9.63. The zero-order valence-electron chi connectivity index (χ0n) is 20.7. The highest BCUT2D eigenvalue weighted by molar-refractivity contribution is 9.10.